The molecule has 1 aromatic heterocycles. The van der Waals surface area contributed by atoms with E-state index in [0.717, 1.165) is 24.5 Å². The van der Waals surface area contributed by atoms with E-state index >= 15 is 0 Å². The van der Waals surface area contributed by atoms with E-state index in [-0.39, 0.29) is 18.2 Å². The predicted molar refractivity (Wildman–Crippen MR) is 70.1 cm³/mol. The second-order valence-corrected chi connectivity index (χ2v) is 5.03. The van der Waals surface area contributed by atoms with Crippen LogP contribution in [-0.2, 0) is 4.74 Å². The summed E-state index contributed by atoms with van der Waals surface area (Å²) in [5, 5.41) is 0. The van der Waals surface area contributed by atoms with Crippen LogP contribution < -0.4 is 5.73 Å². The van der Waals surface area contributed by atoms with Crippen LogP contribution in [0.5, 0.6) is 0 Å². The Bertz CT molecular complexity index is 371. The summed E-state index contributed by atoms with van der Waals surface area (Å²) in [5.41, 5.74) is 7.01. The Morgan fingerprint density at radius 2 is 1.89 bits per heavy atom. The standard InChI is InChI=1S/C13H22N4O/c1-9-7-17(8-10(2)18-9)13(4-14)12-5-15-11(3)16-6-12/h5-6,9-10,13H,4,7-8,14H2,1-3H3/t9-,10+,13?. The van der Waals surface area contributed by atoms with E-state index < -0.39 is 0 Å². The largest absolute Gasteiger partial charge is 0.373 e. The lowest BCUT2D eigenvalue weighted by molar-refractivity contribution is -0.0800. The Hall–Kier alpha value is -1.04. The number of morpholine rings is 1. The van der Waals surface area contributed by atoms with Crippen molar-refractivity contribution < 1.29 is 4.74 Å². The van der Waals surface area contributed by atoms with Crippen molar-refractivity contribution >= 4 is 0 Å². The summed E-state index contributed by atoms with van der Waals surface area (Å²) in [6, 6.07) is 0.180. The Morgan fingerprint density at radius 3 is 2.39 bits per heavy atom. The van der Waals surface area contributed by atoms with E-state index in [0.29, 0.717) is 6.54 Å². The maximum absolute atomic E-state index is 5.93. The van der Waals surface area contributed by atoms with E-state index in [1.165, 1.54) is 0 Å². The van der Waals surface area contributed by atoms with Crippen molar-refractivity contribution in [3.63, 3.8) is 0 Å². The van der Waals surface area contributed by atoms with Crippen molar-refractivity contribution in [2.75, 3.05) is 19.6 Å². The molecule has 2 rings (SSSR count). The summed E-state index contributed by atoms with van der Waals surface area (Å²) in [5.74, 6) is 0.790. The van der Waals surface area contributed by atoms with Crippen LogP contribution >= 0.6 is 0 Å². The molecule has 0 radical (unpaired) electrons. The Morgan fingerprint density at radius 1 is 1.33 bits per heavy atom. The molecule has 0 bridgehead atoms. The second kappa shape index (κ2) is 5.73. The second-order valence-electron chi connectivity index (χ2n) is 5.03. The van der Waals surface area contributed by atoms with Crippen LogP contribution in [0.4, 0.5) is 0 Å². The van der Waals surface area contributed by atoms with Gasteiger partial charge in [0.15, 0.2) is 0 Å². The lowest BCUT2D eigenvalue weighted by atomic mass is 10.1. The molecular formula is C13H22N4O. The van der Waals surface area contributed by atoms with Gasteiger partial charge in [-0.05, 0) is 20.8 Å². The molecule has 0 saturated carbocycles. The van der Waals surface area contributed by atoms with Crippen LogP contribution in [0.3, 0.4) is 0 Å². The molecule has 3 atom stereocenters. The van der Waals surface area contributed by atoms with Crippen LogP contribution in [0.15, 0.2) is 12.4 Å². The van der Waals surface area contributed by atoms with Gasteiger partial charge in [0.25, 0.3) is 0 Å². The first kappa shape index (κ1) is 13.4. The first-order valence-electron chi connectivity index (χ1n) is 6.48. The number of nitrogens with two attached hydrogens (primary N) is 1. The average molecular weight is 250 g/mol. The van der Waals surface area contributed by atoms with Gasteiger partial charge in [-0.25, -0.2) is 9.97 Å². The molecule has 1 fully saturated rings. The first-order chi connectivity index (χ1) is 8.60. The van der Waals surface area contributed by atoms with Crippen molar-refractivity contribution in [3.8, 4) is 0 Å². The van der Waals surface area contributed by atoms with Gasteiger partial charge in [0.2, 0.25) is 0 Å². The fraction of sp³-hybridized carbons (Fsp3) is 0.692. The van der Waals surface area contributed by atoms with Gasteiger partial charge in [0.1, 0.15) is 5.82 Å². The minimum atomic E-state index is 0.180. The zero-order valence-corrected chi connectivity index (χ0v) is 11.3. The SMILES string of the molecule is Cc1ncc(C(CN)N2C[C@@H](C)O[C@@H](C)C2)cn1. The number of ether oxygens (including phenoxy) is 1. The zero-order valence-electron chi connectivity index (χ0n) is 11.3. The summed E-state index contributed by atoms with van der Waals surface area (Å²) in [4.78, 5) is 10.9. The molecule has 5 heteroatoms. The van der Waals surface area contributed by atoms with E-state index in [2.05, 4.69) is 28.7 Å². The fourth-order valence-electron chi connectivity index (χ4n) is 2.54. The molecule has 100 valence electrons. The van der Waals surface area contributed by atoms with Crippen molar-refractivity contribution in [1.82, 2.24) is 14.9 Å². The van der Waals surface area contributed by atoms with Crippen LogP contribution in [0.2, 0.25) is 0 Å². The lowest BCUT2D eigenvalue weighted by Gasteiger charge is -2.39. The minimum absolute atomic E-state index is 0.180. The Labute approximate surface area is 108 Å². The highest BCUT2D eigenvalue weighted by molar-refractivity contribution is 5.12. The first-order valence-corrected chi connectivity index (χ1v) is 6.48. The molecule has 0 spiro atoms. The average Bonchev–Trinajstić information content (AvgIpc) is 2.31. The molecule has 18 heavy (non-hydrogen) atoms. The topological polar surface area (TPSA) is 64.3 Å². The van der Waals surface area contributed by atoms with E-state index in [1.807, 2.05) is 19.3 Å². The molecular weight excluding hydrogens is 228 g/mol. The number of hydrogen-bond acceptors (Lipinski definition) is 5. The molecule has 0 aromatic carbocycles. The van der Waals surface area contributed by atoms with Gasteiger partial charge in [0.05, 0.1) is 18.2 Å². The maximum Gasteiger partial charge on any atom is 0.125 e. The number of hydrogen-bond donors (Lipinski definition) is 1. The summed E-state index contributed by atoms with van der Waals surface area (Å²) in [7, 11) is 0. The molecule has 1 aliphatic heterocycles. The van der Waals surface area contributed by atoms with Gasteiger partial charge in [-0.15, -0.1) is 0 Å². The maximum atomic E-state index is 5.93. The third-order valence-electron chi connectivity index (χ3n) is 3.30. The highest BCUT2D eigenvalue weighted by Gasteiger charge is 2.28. The number of nitrogens with zero attached hydrogens (tertiary/aromatic N) is 3. The number of aryl methyl sites for hydroxylation is 1. The summed E-state index contributed by atoms with van der Waals surface area (Å²) < 4.78 is 5.75. The molecule has 2 heterocycles. The van der Waals surface area contributed by atoms with Crippen molar-refractivity contribution in [1.29, 1.82) is 0 Å². The van der Waals surface area contributed by atoms with Gasteiger partial charge in [0, 0.05) is 37.6 Å². The minimum Gasteiger partial charge on any atom is -0.373 e. The fourth-order valence-corrected chi connectivity index (χ4v) is 2.54. The number of aromatic nitrogens is 2. The van der Waals surface area contributed by atoms with Gasteiger partial charge in [-0.2, -0.15) is 0 Å². The molecule has 0 amide bonds. The molecule has 5 nitrogen and oxygen atoms in total. The monoisotopic (exact) mass is 250 g/mol. The molecule has 1 saturated heterocycles. The van der Waals surface area contributed by atoms with Crippen LogP contribution in [0.1, 0.15) is 31.3 Å². The molecule has 1 aromatic rings. The van der Waals surface area contributed by atoms with Crippen LogP contribution in [-0.4, -0.2) is 46.7 Å². The Balaban J connectivity index is 2.14. The third kappa shape index (κ3) is 3.04. The Kier molecular flexibility index (Phi) is 4.27. The van der Waals surface area contributed by atoms with Crippen molar-refractivity contribution in [2.45, 2.75) is 39.0 Å². The van der Waals surface area contributed by atoms with Crippen LogP contribution in [0.25, 0.3) is 0 Å². The molecule has 2 N–H and O–H groups in total. The third-order valence-corrected chi connectivity index (χ3v) is 3.30. The molecule has 1 aliphatic rings. The van der Waals surface area contributed by atoms with E-state index in [1.54, 1.807) is 0 Å². The summed E-state index contributed by atoms with van der Waals surface area (Å²) >= 11 is 0. The molecule has 1 unspecified atom stereocenters. The summed E-state index contributed by atoms with van der Waals surface area (Å²) in [6.45, 7) is 8.47. The predicted octanol–water partition coefficient (Wildman–Crippen LogP) is 0.894. The van der Waals surface area contributed by atoms with Gasteiger partial charge in [-0.3, -0.25) is 4.90 Å². The normalized spacial score (nSPS) is 27.1. The highest BCUT2D eigenvalue weighted by Crippen LogP contribution is 2.23. The number of rotatable bonds is 3. The lowest BCUT2D eigenvalue weighted by Crippen LogP contribution is -2.48. The van der Waals surface area contributed by atoms with Crippen molar-refractivity contribution in [3.05, 3.63) is 23.8 Å². The van der Waals surface area contributed by atoms with Crippen molar-refractivity contribution in [2.24, 2.45) is 5.73 Å². The van der Waals surface area contributed by atoms with Gasteiger partial charge in [-0.1, -0.05) is 0 Å². The summed E-state index contributed by atoms with van der Waals surface area (Å²) in [6.07, 6.45) is 4.25. The van der Waals surface area contributed by atoms with E-state index in [9.17, 15) is 0 Å². The van der Waals surface area contributed by atoms with Crippen LogP contribution in [0, 0.1) is 6.92 Å². The molecule has 0 aliphatic carbocycles. The highest BCUT2D eigenvalue weighted by atomic mass is 16.5. The zero-order chi connectivity index (χ0) is 13.1. The smallest absolute Gasteiger partial charge is 0.125 e. The van der Waals surface area contributed by atoms with E-state index in [4.69, 9.17) is 10.5 Å². The quantitative estimate of drug-likeness (QED) is 0.863. The van der Waals surface area contributed by atoms with Gasteiger partial charge < -0.3 is 10.5 Å². The van der Waals surface area contributed by atoms with Gasteiger partial charge >= 0.3 is 0 Å².